The molecule has 0 aliphatic heterocycles. The van der Waals surface area contributed by atoms with Crippen LogP contribution in [0.25, 0.3) is 0 Å². The molecule has 0 atom stereocenters. The van der Waals surface area contributed by atoms with E-state index in [1.807, 2.05) is 26.8 Å². The number of carbonyl (C=O) groups is 1. The lowest BCUT2D eigenvalue weighted by molar-refractivity contribution is -0.141. The van der Waals surface area contributed by atoms with Gasteiger partial charge in [0, 0.05) is 12.0 Å². The molecule has 0 saturated heterocycles. The van der Waals surface area contributed by atoms with Gasteiger partial charge in [-0.05, 0) is 36.8 Å². The summed E-state index contributed by atoms with van der Waals surface area (Å²) < 4.78 is 33.4. The van der Waals surface area contributed by atoms with Crippen molar-refractivity contribution in [3.8, 4) is 5.75 Å². The molecule has 0 saturated carbocycles. The smallest absolute Gasteiger partial charge is 0.308 e. The summed E-state index contributed by atoms with van der Waals surface area (Å²) in [4.78, 5) is 14.5. The number of furan rings is 1. The Morgan fingerprint density at radius 1 is 1.12 bits per heavy atom. The van der Waals surface area contributed by atoms with Crippen LogP contribution in [0.5, 0.6) is 5.75 Å². The van der Waals surface area contributed by atoms with Crippen LogP contribution in [0, 0.1) is 5.41 Å². The van der Waals surface area contributed by atoms with E-state index in [0.717, 1.165) is 5.56 Å². The second-order valence-corrected chi connectivity index (χ2v) is 8.92. The molecule has 0 bridgehead atoms. The molecule has 0 unspecified atom stereocenters. The second kappa shape index (κ2) is 7.95. The lowest BCUT2D eigenvalue weighted by Crippen LogP contribution is -2.38. The van der Waals surface area contributed by atoms with Crippen LogP contribution in [0.4, 0.5) is 0 Å². The topological polar surface area (TPSA) is 76.8 Å². The molecule has 142 valence electrons. The van der Waals surface area contributed by atoms with E-state index in [9.17, 15) is 13.2 Å². The fraction of sp³-hybridized carbons (Fsp3) is 0.421. The standard InChI is InChI=1S/C19H25NO5S/c1-5-26(22,23)25-16-10-8-15(9-11-16)13-20(18(21)19(2,3)4)14-17-7-6-12-24-17/h6-12H,5,13-14H2,1-4H3. The summed E-state index contributed by atoms with van der Waals surface area (Å²) in [6.45, 7) is 7.89. The van der Waals surface area contributed by atoms with E-state index >= 15 is 0 Å². The molecule has 0 radical (unpaired) electrons. The molecule has 2 rings (SSSR count). The fourth-order valence-electron chi connectivity index (χ4n) is 2.34. The van der Waals surface area contributed by atoms with E-state index in [-0.39, 0.29) is 17.4 Å². The maximum Gasteiger partial charge on any atom is 0.308 e. The van der Waals surface area contributed by atoms with Gasteiger partial charge in [0.25, 0.3) is 0 Å². The third-order valence-corrected chi connectivity index (χ3v) is 4.88. The zero-order chi connectivity index (χ0) is 19.4. The Bertz CT molecular complexity index is 818. The lowest BCUT2D eigenvalue weighted by atomic mass is 9.94. The van der Waals surface area contributed by atoms with E-state index < -0.39 is 15.5 Å². The average molecular weight is 379 g/mol. The number of nitrogens with zero attached hydrogens (tertiary/aromatic N) is 1. The van der Waals surface area contributed by atoms with Gasteiger partial charge in [0.05, 0.1) is 18.6 Å². The highest BCUT2D eigenvalue weighted by atomic mass is 32.2. The van der Waals surface area contributed by atoms with Crippen molar-refractivity contribution in [1.82, 2.24) is 4.90 Å². The van der Waals surface area contributed by atoms with Gasteiger partial charge in [0.15, 0.2) is 0 Å². The predicted molar refractivity (Wildman–Crippen MR) is 98.9 cm³/mol. The van der Waals surface area contributed by atoms with Gasteiger partial charge < -0.3 is 13.5 Å². The Morgan fingerprint density at radius 3 is 2.27 bits per heavy atom. The van der Waals surface area contributed by atoms with Crippen molar-refractivity contribution in [2.24, 2.45) is 5.41 Å². The first-order valence-corrected chi connectivity index (χ1v) is 10.0. The molecule has 1 heterocycles. The van der Waals surface area contributed by atoms with Gasteiger partial charge in [0.1, 0.15) is 11.5 Å². The van der Waals surface area contributed by atoms with Gasteiger partial charge in [0.2, 0.25) is 5.91 Å². The molecule has 0 spiro atoms. The van der Waals surface area contributed by atoms with Gasteiger partial charge in [-0.1, -0.05) is 32.9 Å². The Hall–Kier alpha value is -2.28. The first kappa shape index (κ1) is 20.0. The van der Waals surface area contributed by atoms with Gasteiger partial charge >= 0.3 is 10.1 Å². The van der Waals surface area contributed by atoms with Crippen LogP contribution >= 0.6 is 0 Å². The summed E-state index contributed by atoms with van der Waals surface area (Å²) in [6, 6.07) is 10.3. The van der Waals surface area contributed by atoms with Crippen molar-refractivity contribution in [3.63, 3.8) is 0 Å². The molecule has 2 aromatic rings. The van der Waals surface area contributed by atoms with Crippen molar-refractivity contribution in [2.45, 2.75) is 40.8 Å². The monoisotopic (exact) mass is 379 g/mol. The minimum Gasteiger partial charge on any atom is -0.467 e. The third-order valence-electron chi connectivity index (χ3n) is 3.73. The van der Waals surface area contributed by atoms with Crippen LogP contribution in [0.15, 0.2) is 47.1 Å². The second-order valence-electron chi connectivity index (χ2n) is 7.06. The maximum absolute atomic E-state index is 12.8. The van der Waals surface area contributed by atoms with E-state index in [1.54, 1.807) is 41.5 Å². The van der Waals surface area contributed by atoms with Crippen LogP contribution in [-0.2, 0) is 28.0 Å². The van der Waals surface area contributed by atoms with E-state index in [4.69, 9.17) is 8.60 Å². The van der Waals surface area contributed by atoms with Crippen molar-refractivity contribution in [3.05, 3.63) is 54.0 Å². The number of rotatable bonds is 7. The molecule has 0 fully saturated rings. The van der Waals surface area contributed by atoms with Crippen LogP contribution in [0.2, 0.25) is 0 Å². The minimum atomic E-state index is -3.55. The molecule has 1 aromatic heterocycles. The van der Waals surface area contributed by atoms with Crippen LogP contribution in [-0.4, -0.2) is 25.0 Å². The molecule has 0 N–H and O–H groups in total. The largest absolute Gasteiger partial charge is 0.467 e. The molecule has 0 aliphatic rings. The molecule has 1 aromatic carbocycles. The van der Waals surface area contributed by atoms with E-state index in [0.29, 0.717) is 18.8 Å². The molecule has 6 nitrogen and oxygen atoms in total. The summed E-state index contributed by atoms with van der Waals surface area (Å²) in [5.41, 5.74) is 0.348. The molecular weight excluding hydrogens is 354 g/mol. The zero-order valence-electron chi connectivity index (χ0n) is 15.6. The van der Waals surface area contributed by atoms with Gasteiger partial charge in [-0.2, -0.15) is 8.42 Å². The number of amides is 1. The van der Waals surface area contributed by atoms with Gasteiger partial charge in [-0.3, -0.25) is 4.79 Å². The van der Waals surface area contributed by atoms with Crippen LogP contribution in [0.1, 0.15) is 39.0 Å². The first-order valence-electron chi connectivity index (χ1n) is 8.43. The zero-order valence-corrected chi connectivity index (χ0v) is 16.4. The first-order chi connectivity index (χ1) is 12.1. The molecule has 1 amide bonds. The lowest BCUT2D eigenvalue weighted by Gasteiger charge is -2.29. The third kappa shape index (κ3) is 5.62. The molecule has 26 heavy (non-hydrogen) atoms. The number of carbonyl (C=O) groups excluding carboxylic acids is 1. The summed E-state index contributed by atoms with van der Waals surface area (Å²) in [7, 11) is -3.55. The van der Waals surface area contributed by atoms with Crippen LogP contribution in [0.3, 0.4) is 0 Å². The average Bonchev–Trinajstić information content (AvgIpc) is 3.07. The van der Waals surface area contributed by atoms with Crippen molar-refractivity contribution < 1.29 is 21.8 Å². The number of hydrogen-bond donors (Lipinski definition) is 0. The summed E-state index contributed by atoms with van der Waals surface area (Å²) in [5.74, 6) is 0.876. The van der Waals surface area contributed by atoms with E-state index in [2.05, 4.69) is 0 Å². The highest BCUT2D eigenvalue weighted by Crippen LogP contribution is 2.22. The van der Waals surface area contributed by atoms with Crippen molar-refractivity contribution >= 4 is 16.0 Å². The molecular formula is C19H25NO5S. The molecule has 7 heteroatoms. The summed E-state index contributed by atoms with van der Waals surface area (Å²) >= 11 is 0. The highest BCUT2D eigenvalue weighted by molar-refractivity contribution is 7.87. The Balaban J connectivity index is 2.15. The molecule has 0 aliphatic carbocycles. The Morgan fingerprint density at radius 2 is 1.77 bits per heavy atom. The van der Waals surface area contributed by atoms with Crippen molar-refractivity contribution in [2.75, 3.05) is 5.75 Å². The fourth-order valence-corrected chi connectivity index (χ4v) is 2.86. The van der Waals surface area contributed by atoms with Gasteiger partial charge in [-0.25, -0.2) is 0 Å². The van der Waals surface area contributed by atoms with Gasteiger partial charge in [-0.15, -0.1) is 0 Å². The Kier molecular flexibility index (Phi) is 6.13. The summed E-state index contributed by atoms with van der Waals surface area (Å²) in [5, 5.41) is 0. The number of hydrogen-bond acceptors (Lipinski definition) is 5. The van der Waals surface area contributed by atoms with Crippen molar-refractivity contribution in [1.29, 1.82) is 0 Å². The predicted octanol–water partition coefficient (Wildman–Crippen LogP) is 3.58. The quantitative estimate of drug-likeness (QED) is 0.687. The maximum atomic E-state index is 12.8. The van der Waals surface area contributed by atoms with Crippen LogP contribution < -0.4 is 4.18 Å². The van der Waals surface area contributed by atoms with E-state index in [1.165, 1.54) is 6.92 Å². The highest BCUT2D eigenvalue weighted by Gasteiger charge is 2.28. The SMILES string of the molecule is CCS(=O)(=O)Oc1ccc(CN(Cc2ccco2)C(=O)C(C)(C)C)cc1. The normalized spacial score (nSPS) is 12.0. The number of benzene rings is 1. The Labute approximate surface area is 154 Å². The minimum absolute atomic E-state index is 0.00258. The summed E-state index contributed by atoms with van der Waals surface area (Å²) in [6.07, 6.45) is 1.58.